The number of nitrogens with one attached hydrogen (secondary N) is 1. The molecule has 1 aromatic rings. The molecule has 1 rings (SSSR count). The quantitative estimate of drug-likeness (QED) is 0.696. The van der Waals surface area contributed by atoms with E-state index in [-0.39, 0.29) is 24.9 Å². The summed E-state index contributed by atoms with van der Waals surface area (Å²) in [6.45, 7) is 6.69. The number of aromatic nitrogens is 2. The van der Waals surface area contributed by atoms with Gasteiger partial charge in [0, 0.05) is 6.54 Å². The number of carbonyl (C=O) groups is 1. The van der Waals surface area contributed by atoms with Crippen LogP contribution in [0.15, 0.2) is 4.52 Å². The van der Waals surface area contributed by atoms with Gasteiger partial charge in [-0.05, 0) is 19.4 Å². The molecule has 3 N–H and O–H groups in total. The Balaban J connectivity index is 0.00000361. The van der Waals surface area contributed by atoms with E-state index in [9.17, 15) is 4.79 Å². The summed E-state index contributed by atoms with van der Waals surface area (Å²) < 4.78 is 4.95. The lowest BCUT2D eigenvalue weighted by molar-refractivity contribution is -0.122. The zero-order chi connectivity index (χ0) is 14.1. The summed E-state index contributed by atoms with van der Waals surface area (Å²) >= 11 is 0. The van der Waals surface area contributed by atoms with Crippen LogP contribution in [0.5, 0.6) is 0 Å². The fraction of sp³-hybridized carbons (Fsp3) is 0.750. The summed E-state index contributed by atoms with van der Waals surface area (Å²) in [4.78, 5) is 17.8. The van der Waals surface area contributed by atoms with Crippen LogP contribution in [0.3, 0.4) is 0 Å². The van der Waals surface area contributed by atoms with E-state index >= 15 is 0 Å². The van der Waals surface area contributed by atoms with Crippen molar-refractivity contribution in [3.63, 3.8) is 0 Å². The minimum atomic E-state index is 0. The van der Waals surface area contributed by atoms with E-state index in [1.165, 1.54) is 0 Å². The summed E-state index contributed by atoms with van der Waals surface area (Å²) in [7, 11) is 0. The molecule has 0 saturated heterocycles. The van der Waals surface area contributed by atoms with Gasteiger partial charge in [-0.15, -0.1) is 12.4 Å². The van der Waals surface area contributed by atoms with Crippen molar-refractivity contribution in [1.29, 1.82) is 0 Å². The second-order valence-electron chi connectivity index (χ2n) is 4.37. The third-order valence-electron chi connectivity index (χ3n) is 2.53. The van der Waals surface area contributed by atoms with Gasteiger partial charge in [-0.3, -0.25) is 9.69 Å². The molecule has 116 valence electrons. The summed E-state index contributed by atoms with van der Waals surface area (Å²) in [5.41, 5.74) is 5.41. The molecule has 0 saturated carbocycles. The molecule has 1 aromatic heterocycles. The SMILES string of the molecule is CCCNC(=O)CN(CCC)Cc1noc(CN)n1.Cl. The minimum Gasteiger partial charge on any atom is -0.355 e. The predicted octanol–water partition coefficient (Wildman–Crippen LogP) is 0.688. The Kier molecular flexibility index (Phi) is 9.96. The van der Waals surface area contributed by atoms with Crippen molar-refractivity contribution < 1.29 is 9.32 Å². The number of nitrogens with two attached hydrogens (primary N) is 1. The molecular formula is C12H24ClN5O2. The van der Waals surface area contributed by atoms with Crippen LogP contribution in [-0.2, 0) is 17.9 Å². The average Bonchev–Trinajstić information content (AvgIpc) is 2.84. The zero-order valence-corrected chi connectivity index (χ0v) is 12.9. The van der Waals surface area contributed by atoms with Crippen LogP contribution in [0.1, 0.15) is 38.4 Å². The number of nitrogens with zero attached hydrogens (tertiary/aromatic N) is 3. The zero-order valence-electron chi connectivity index (χ0n) is 12.1. The lowest BCUT2D eigenvalue weighted by Crippen LogP contribution is -2.37. The van der Waals surface area contributed by atoms with Gasteiger partial charge in [0.05, 0.1) is 19.6 Å². The Morgan fingerprint density at radius 3 is 2.70 bits per heavy atom. The molecule has 1 heterocycles. The second kappa shape index (κ2) is 10.6. The maximum absolute atomic E-state index is 11.7. The second-order valence-corrected chi connectivity index (χ2v) is 4.37. The molecule has 0 atom stereocenters. The Bertz CT molecular complexity index is 386. The van der Waals surface area contributed by atoms with Gasteiger partial charge in [0.2, 0.25) is 11.8 Å². The van der Waals surface area contributed by atoms with Crippen molar-refractivity contribution >= 4 is 18.3 Å². The first-order chi connectivity index (χ1) is 9.19. The van der Waals surface area contributed by atoms with Crippen molar-refractivity contribution in [1.82, 2.24) is 20.4 Å². The van der Waals surface area contributed by atoms with Crippen molar-refractivity contribution in [3.05, 3.63) is 11.7 Å². The van der Waals surface area contributed by atoms with Gasteiger partial charge >= 0.3 is 0 Å². The van der Waals surface area contributed by atoms with Gasteiger partial charge in [0.1, 0.15) is 0 Å². The third kappa shape index (κ3) is 6.83. The molecule has 8 heteroatoms. The number of hydrogen-bond donors (Lipinski definition) is 2. The van der Waals surface area contributed by atoms with Crippen LogP contribution in [0.2, 0.25) is 0 Å². The standard InChI is InChI=1S/C12H23N5O2.ClH/c1-3-5-14-11(18)9-17(6-4-2)8-10-15-12(7-13)19-16-10;/h3-9,13H2,1-2H3,(H,14,18);1H. The molecule has 0 radical (unpaired) electrons. The summed E-state index contributed by atoms with van der Waals surface area (Å²) in [6, 6.07) is 0. The molecule has 20 heavy (non-hydrogen) atoms. The molecule has 1 amide bonds. The number of hydrogen-bond acceptors (Lipinski definition) is 6. The highest BCUT2D eigenvalue weighted by Crippen LogP contribution is 2.02. The minimum absolute atomic E-state index is 0. The Morgan fingerprint density at radius 1 is 1.40 bits per heavy atom. The van der Waals surface area contributed by atoms with Crippen LogP contribution in [0, 0.1) is 0 Å². The lowest BCUT2D eigenvalue weighted by atomic mass is 10.3. The Hall–Kier alpha value is -1.18. The van der Waals surface area contributed by atoms with E-state index in [0.29, 0.717) is 31.3 Å². The van der Waals surface area contributed by atoms with Crippen LogP contribution >= 0.6 is 12.4 Å². The third-order valence-corrected chi connectivity index (χ3v) is 2.53. The van der Waals surface area contributed by atoms with Gasteiger partial charge in [-0.25, -0.2) is 0 Å². The van der Waals surface area contributed by atoms with E-state index in [2.05, 4.69) is 22.4 Å². The van der Waals surface area contributed by atoms with E-state index < -0.39 is 0 Å². The summed E-state index contributed by atoms with van der Waals surface area (Å²) in [6.07, 6.45) is 1.90. The first-order valence-electron chi connectivity index (χ1n) is 6.70. The highest BCUT2D eigenvalue weighted by Gasteiger charge is 2.13. The largest absolute Gasteiger partial charge is 0.355 e. The smallest absolute Gasteiger partial charge is 0.240 e. The van der Waals surface area contributed by atoms with Crippen LogP contribution in [-0.4, -0.2) is 40.6 Å². The van der Waals surface area contributed by atoms with Crippen molar-refractivity contribution in [2.75, 3.05) is 19.6 Å². The van der Waals surface area contributed by atoms with Gasteiger partial charge in [-0.2, -0.15) is 4.98 Å². The molecule has 0 bridgehead atoms. The van der Waals surface area contributed by atoms with Crippen LogP contribution < -0.4 is 11.1 Å². The maximum Gasteiger partial charge on any atom is 0.240 e. The Labute approximate surface area is 125 Å². The number of halogens is 1. The first kappa shape index (κ1) is 18.8. The molecule has 0 spiro atoms. The molecular weight excluding hydrogens is 282 g/mol. The van der Waals surface area contributed by atoms with E-state index in [4.69, 9.17) is 10.3 Å². The molecule has 0 unspecified atom stereocenters. The van der Waals surface area contributed by atoms with Crippen LogP contribution in [0.25, 0.3) is 0 Å². The first-order valence-corrected chi connectivity index (χ1v) is 6.70. The molecule has 0 aromatic carbocycles. The average molecular weight is 306 g/mol. The van der Waals surface area contributed by atoms with Crippen molar-refractivity contribution in [2.45, 2.75) is 39.8 Å². The fourth-order valence-electron chi connectivity index (χ4n) is 1.69. The van der Waals surface area contributed by atoms with Crippen molar-refractivity contribution in [3.8, 4) is 0 Å². The molecule has 0 aliphatic rings. The van der Waals surface area contributed by atoms with Crippen molar-refractivity contribution in [2.24, 2.45) is 5.73 Å². The highest BCUT2D eigenvalue weighted by molar-refractivity contribution is 5.85. The molecule has 0 fully saturated rings. The number of rotatable bonds is 9. The summed E-state index contributed by atoms with van der Waals surface area (Å²) in [5, 5.41) is 6.70. The normalized spacial score (nSPS) is 10.4. The van der Waals surface area contributed by atoms with Gasteiger partial charge in [0.25, 0.3) is 0 Å². The number of carbonyl (C=O) groups excluding carboxylic acids is 1. The predicted molar refractivity (Wildman–Crippen MR) is 78.3 cm³/mol. The van der Waals surface area contributed by atoms with E-state index in [0.717, 1.165) is 19.4 Å². The molecule has 0 aliphatic carbocycles. The lowest BCUT2D eigenvalue weighted by Gasteiger charge is -2.19. The molecule has 0 aliphatic heterocycles. The number of amides is 1. The van der Waals surface area contributed by atoms with Crippen LogP contribution in [0.4, 0.5) is 0 Å². The molecule has 7 nitrogen and oxygen atoms in total. The van der Waals surface area contributed by atoms with E-state index in [1.54, 1.807) is 0 Å². The van der Waals surface area contributed by atoms with Gasteiger partial charge in [0.15, 0.2) is 5.82 Å². The summed E-state index contributed by atoms with van der Waals surface area (Å²) in [5.74, 6) is 1.01. The highest BCUT2D eigenvalue weighted by atomic mass is 35.5. The van der Waals surface area contributed by atoms with Gasteiger partial charge < -0.3 is 15.6 Å². The maximum atomic E-state index is 11.7. The Morgan fingerprint density at radius 2 is 2.15 bits per heavy atom. The van der Waals surface area contributed by atoms with Gasteiger partial charge in [-0.1, -0.05) is 19.0 Å². The fourth-order valence-corrected chi connectivity index (χ4v) is 1.69. The van der Waals surface area contributed by atoms with E-state index in [1.807, 2.05) is 11.8 Å². The monoisotopic (exact) mass is 305 g/mol. The topological polar surface area (TPSA) is 97.3 Å².